The van der Waals surface area contributed by atoms with Gasteiger partial charge in [-0.1, -0.05) is 35.5 Å². The molecule has 4 N–H and O–H groups in total. The average Bonchev–Trinajstić information content (AvgIpc) is 3.36. The molecule has 0 aliphatic heterocycles. The molecule has 0 unspecified atom stereocenters. The highest BCUT2D eigenvalue weighted by molar-refractivity contribution is 9.10. The molecule has 0 amide bonds. The molecule has 1 heterocycles. The number of nitrogens with one attached hydrogen (secondary N) is 2. The van der Waals surface area contributed by atoms with E-state index in [9.17, 15) is 10.2 Å². The van der Waals surface area contributed by atoms with Gasteiger partial charge in [0.05, 0.1) is 15.1 Å². The Hall–Kier alpha value is -3.50. The van der Waals surface area contributed by atoms with Gasteiger partial charge in [-0.15, -0.1) is 5.10 Å². The minimum absolute atomic E-state index is 0.215. The first kappa shape index (κ1) is 25.6. The standard InChI is InChI=1S/C26H24Br2N6O2/c27-21-12-17(4-6-25(21)35)8-10-30-15-23(31-29)19-2-1-3-20(14-19)24-16-34(33-32-24)11-9-18-5-7-26(36)22(28)13-18/h1-7,12-16,29-30,35-36H,8-11H2/b23-15-,31-29?. The van der Waals surface area contributed by atoms with E-state index in [0.717, 1.165) is 40.8 Å². The number of aryl methyl sites for hydroxylation is 2. The highest BCUT2D eigenvalue weighted by atomic mass is 79.9. The largest absolute Gasteiger partial charge is 0.507 e. The van der Waals surface area contributed by atoms with Gasteiger partial charge < -0.3 is 15.5 Å². The summed E-state index contributed by atoms with van der Waals surface area (Å²) in [6.45, 7) is 1.31. The Labute approximate surface area is 225 Å². The average molecular weight is 612 g/mol. The summed E-state index contributed by atoms with van der Waals surface area (Å²) in [5.41, 5.74) is 12.7. The fourth-order valence-electron chi connectivity index (χ4n) is 3.60. The Bertz CT molecular complexity index is 1400. The third-order valence-electron chi connectivity index (χ3n) is 5.56. The van der Waals surface area contributed by atoms with Crippen molar-refractivity contribution in [3.05, 3.63) is 98.7 Å². The molecule has 36 heavy (non-hydrogen) atoms. The highest BCUT2D eigenvalue weighted by Crippen LogP contribution is 2.26. The van der Waals surface area contributed by atoms with Crippen LogP contribution in [-0.2, 0) is 19.4 Å². The van der Waals surface area contributed by atoms with Crippen molar-refractivity contribution in [2.24, 2.45) is 5.11 Å². The molecule has 0 saturated carbocycles. The van der Waals surface area contributed by atoms with Crippen molar-refractivity contribution in [1.82, 2.24) is 20.3 Å². The van der Waals surface area contributed by atoms with Gasteiger partial charge in [-0.25, -0.2) is 5.53 Å². The van der Waals surface area contributed by atoms with Crippen LogP contribution in [-0.4, -0.2) is 31.8 Å². The molecule has 0 spiro atoms. The van der Waals surface area contributed by atoms with Crippen molar-refractivity contribution in [1.29, 1.82) is 5.53 Å². The normalized spacial score (nSPS) is 11.4. The minimum Gasteiger partial charge on any atom is -0.507 e. The maximum Gasteiger partial charge on any atom is 0.129 e. The number of benzene rings is 3. The Balaban J connectivity index is 1.38. The lowest BCUT2D eigenvalue weighted by atomic mass is 10.1. The zero-order valence-corrected chi connectivity index (χ0v) is 22.4. The second-order valence-corrected chi connectivity index (χ2v) is 9.82. The van der Waals surface area contributed by atoms with E-state index in [0.29, 0.717) is 27.7 Å². The summed E-state index contributed by atoms with van der Waals surface area (Å²) < 4.78 is 3.12. The number of nitrogens with zero attached hydrogens (tertiary/aromatic N) is 4. The zero-order chi connectivity index (χ0) is 25.5. The molecule has 184 valence electrons. The number of hydrogen-bond donors (Lipinski definition) is 4. The van der Waals surface area contributed by atoms with Crippen LogP contribution in [0.15, 0.2) is 87.1 Å². The Morgan fingerprint density at radius 2 is 1.67 bits per heavy atom. The van der Waals surface area contributed by atoms with Crippen molar-refractivity contribution in [2.45, 2.75) is 19.4 Å². The number of rotatable bonds is 10. The number of aromatic hydroxyl groups is 2. The summed E-state index contributed by atoms with van der Waals surface area (Å²) in [4.78, 5) is 0. The van der Waals surface area contributed by atoms with Crippen molar-refractivity contribution in [3.63, 3.8) is 0 Å². The van der Waals surface area contributed by atoms with Gasteiger partial charge in [-0.2, -0.15) is 5.11 Å². The summed E-state index contributed by atoms with van der Waals surface area (Å²) in [6, 6.07) is 18.6. The van der Waals surface area contributed by atoms with E-state index in [4.69, 9.17) is 5.53 Å². The van der Waals surface area contributed by atoms with Crippen molar-refractivity contribution < 1.29 is 10.2 Å². The van der Waals surface area contributed by atoms with E-state index in [-0.39, 0.29) is 11.5 Å². The highest BCUT2D eigenvalue weighted by Gasteiger charge is 2.08. The minimum atomic E-state index is 0.215. The summed E-state index contributed by atoms with van der Waals surface area (Å²) in [5, 5.41) is 34.7. The summed E-state index contributed by atoms with van der Waals surface area (Å²) in [6.07, 6.45) is 5.13. The van der Waals surface area contributed by atoms with E-state index < -0.39 is 0 Å². The molecule has 0 atom stereocenters. The van der Waals surface area contributed by atoms with E-state index in [1.807, 2.05) is 54.7 Å². The summed E-state index contributed by atoms with van der Waals surface area (Å²) >= 11 is 6.67. The van der Waals surface area contributed by atoms with Gasteiger partial charge in [0.25, 0.3) is 0 Å². The van der Waals surface area contributed by atoms with Crippen LogP contribution in [0.3, 0.4) is 0 Å². The summed E-state index contributed by atoms with van der Waals surface area (Å²) in [7, 11) is 0. The second kappa shape index (κ2) is 12.0. The second-order valence-electron chi connectivity index (χ2n) is 8.11. The van der Waals surface area contributed by atoms with Gasteiger partial charge in [0.1, 0.15) is 22.9 Å². The van der Waals surface area contributed by atoms with Crippen LogP contribution in [0, 0.1) is 5.53 Å². The Morgan fingerprint density at radius 1 is 0.972 bits per heavy atom. The van der Waals surface area contributed by atoms with Crippen LogP contribution in [0.4, 0.5) is 0 Å². The first-order valence-corrected chi connectivity index (χ1v) is 12.8. The van der Waals surface area contributed by atoms with Gasteiger partial charge in [-0.3, -0.25) is 4.68 Å². The number of aromatic nitrogens is 3. The Kier molecular flexibility index (Phi) is 8.50. The maximum absolute atomic E-state index is 9.65. The van der Waals surface area contributed by atoms with Crippen molar-refractivity contribution in [2.75, 3.05) is 6.54 Å². The number of halogens is 2. The lowest BCUT2D eigenvalue weighted by molar-refractivity contribution is 0.471. The predicted octanol–water partition coefficient (Wildman–Crippen LogP) is 6.29. The number of phenolic OH excluding ortho intramolecular Hbond substituents is 2. The molecule has 0 fully saturated rings. The van der Waals surface area contributed by atoms with E-state index in [2.05, 4.69) is 52.6 Å². The topological polar surface area (TPSA) is 119 Å². The van der Waals surface area contributed by atoms with Crippen LogP contribution in [0.25, 0.3) is 17.0 Å². The van der Waals surface area contributed by atoms with Crippen LogP contribution >= 0.6 is 31.9 Å². The third kappa shape index (κ3) is 6.58. The molecule has 4 rings (SSSR count). The van der Waals surface area contributed by atoms with Crippen LogP contribution in [0.5, 0.6) is 11.5 Å². The lowest BCUT2D eigenvalue weighted by Crippen LogP contribution is -2.10. The Morgan fingerprint density at radius 3 is 2.33 bits per heavy atom. The molecule has 0 radical (unpaired) electrons. The lowest BCUT2D eigenvalue weighted by Gasteiger charge is -2.06. The number of hydrogen-bond acceptors (Lipinski definition) is 7. The van der Waals surface area contributed by atoms with Crippen LogP contribution < -0.4 is 5.32 Å². The molecule has 4 aromatic rings. The fraction of sp³-hybridized carbons (Fsp3) is 0.154. The SMILES string of the molecule is N=N/C(=C\NCCc1ccc(O)c(Br)c1)c1cccc(-c2cn(CCc3ccc(O)c(Br)c3)nn2)c1. The van der Waals surface area contributed by atoms with E-state index in [1.54, 1.807) is 23.0 Å². The quantitative estimate of drug-likeness (QED) is 0.124. The van der Waals surface area contributed by atoms with E-state index >= 15 is 0 Å². The van der Waals surface area contributed by atoms with Crippen molar-refractivity contribution in [3.8, 4) is 22.8 Å². The molecule has 3 aromatic carbocycles. The fourth-order valence-corrected chi connectivity index (χ4v) is 4.45. The first-order chi connectivity index (χ1) is 17.4. The first-order valence-electron chi connectivity index (χ1n) is 11.2. The molecule has 0 saturated heterocycles. The molecule has 1 aromatic heterocycles. The van der Waals surface area contributed by atoms with Crippen LogP contribution in [0.2, 0.25) is 0 Å². The maximum atomic E-state index is 9.65. The molecule has 10 heteroatoms. The number of phenols is 2. The monoisotopic (exact) mass is 610 g/mol. The summed E-state index contributed by atoms with van der Waals surface area (Å²) in [5.74, 6) is 0.433. The zero-order valence-electron chi connectivity index (χ0n) is 19.2. The molecule has 0 aliphatic rings. The molecular weight excluding hydrogens is 588 g/mol. The smallest absolute Gasteiger partial charge is 0.129 e. The van der Waals surface area contributed by atoms with Gasteiger partial charge in [0.15, 0.2) is 0 Å². The van der Waals surface area contributed by atoms with Gasteiger partial charge >= 0.3 is 0 Å². The van der Waals surface area contributed by atoms with Gasteiger partial charge in [-0.05, 0) is 86.2 Å². The molecule has 0 aliphatic carbocycles. The predicted molar refractivity (Wildman–Crippen MR) is 146 cm³/mol. The van der Waals surface area contributed by atoms with Gasteiger partial charge in [0.2, 0.25) is 0 Å². The molecule has 8 nitrogen and oxygen atoms in total. The van der Waals surface area contributed by atoms with Crippen molar-refractivity contribution >= 4 is 37.6 Å². The van der Waals surface area contributed by atoms with Gasteiger partial charge in [0, 0.05) is 30.4 Å². The third-order valence-corrected chi connectivity index (χ3v) is 6.83. The van der Waals surface area contributed by atoms with E-state index in [1.165, 1.54) is 0 Å². The molecular formula is C26H24Br2N6O2. The molecule has 0 bridgehead atoms. The van der Waals surface area contributed by atoms with Crippen LogP contribution in [0.1, 0.15) is 16.7 Å².